The van der Waals surface area contributed by atoms with Gasteiger partial charge in [0.15, 0.2) is 0 Å². The van der Waals surface area contributed by atoms with Gasteiger partial charge in [-0.25, -0.2) is 0 Å². The molecule has 0 atom stereocenters. The molecule has 8 aromatic carbocycles. The Morgan fingerprint density at radius 3 is 1.07 bits per heavy atom. The molecule has 302 valence electrons. The van der Waals surface area contributed by atoms with Gasteiger partial charge in [-0.05, 0) is 148 Å². The normalized spacial score (nSPS) is 12.8. The van der Waals surface area contributed by atoms with Crippen molar-refractivity contribution in [2.75, 3.05) is 37.2 Å². The highest BCUT2D eigenvalue weighted by atomic mass is 32.2. The van der Waals surface area contributed by atoms with Crippen molar-refractivity contribution in [3.8, 4) is 22.6 Å². The minimum absolute atomic E-state index is 0.0581. The topological polar surface area (TPSA) is 18.5 Å². The summed E-state index contributed by atoms with van der Waals surface area (Å²) in [5.74, 6) is 4.37. The van der Waals surface area contributed by atoms with E-state index in [-0.39, 0.29) is 10.8 Å². The zero-order valence-electron chi connectivity index (χ0n) is 36.2. The largest absolute Gasteiger partial charge is 0.493 e. The van der Waals surface area contributed by atoms with Crippen molar-refractivity contribution in [2.24, 2.45) is 0 Å². The van der Waals surface area contributed by atoms with E-state index in [9.17, 15) is 0 Å². The molecule has 0 aliphatic carbocycles. The Morgan fingerprint density at radius 2 is 0.724 bits per heavy atom. The summed E-state index contributed by atoms with van der Waals surface area (Å²) in [6, 6.07) is 33.1. The molecule has 0 saturated carbocycles. The lowest BCUT2D eigenvalue weighted by atomic mass is 9.81. The Bertz CT molecular complexity index is 2450. The molecule has 0 bridgehead atoms. The van der Waals surface area contributed by atoms with E-state index in [4.69, 9.17) is 9.47 Å². The molecule has 0 N–H and O–H groups in total. The van der Waals surface area contributed by atoms with Crippen molar-refractivity contribution in [1.82, 2.24) is 0 Å². The summed E-state index contributed by atoms with van der Waals surface area (Å²) in [5.41, 5.74) is 5.17. The number of rotatable bonds is 17. The first-order valence-electron chi connectivity index (χ1n) is 21.7. The second-order valence-corrected chi connectivity index (χ2v) is 20.6. The fourth-order valence-electron chi connectivity index (χ4n) is 9.11. The fourth-order valence-corrected chi connectivity index (χ4v) is 10.1. The van der Waals surface area contributed by atoms with E-state index in [2.05, 4.69) is 139 Å². The zero-order chi connectivity index (χ0) is 40.6. The third kappa shape index (κ3) is 8.05. The van der Waals surface area contributed by atoms with E-state index in [1.165, 1.54) is 126 Å². The molecular formula is C54H62O2S2. The molecule has 0 aliphatic rings. The van der Waals surface area contributed by atoms with Gasteiger partial charge in [0.05, 0.1) is 13.2 Å². The van der Waals surface area contributed by atoms with E-state index < -0.39 is 0 Å². The van der Waals surface area contributed by atoms with Gasteiger partial charge in [-0.15, -0.1) is 0 Å². The quantitative estimate of drug-likeness (QED) is 0.0674. The lowest BCUT2D eigenvalue weighted by Gasteiger charge is -2.25. The third-order valence-electron chi connectivity index (χ3n) is 12.3. The average Bonchev–Trinajstić information content (AvgIpc) is 3.20. The lowest BCUT2D eigenvalue weighted by Crippen LogP contribution is -2.11. The first kappa shape index (κ1) is 40.9. The van der Waals surface area contributed by atoms with Crippen LogP contribution in [0.5, 0.6) is 11.5 Å². The van der Waals surface area contributed by atoms with Crippen LogP contribution in [0.4, 0.5) is 0 Å². The molecule has 8 aromatic rings. The van der Waals surface area contributed by atoms with Gasteiger partial charge < -0.3 is 9.47 Å². The number of hydrogen-bond acceptors (Lipinski definition) is 4. The van der Waals surface area contributed by atoms with Gasteiger partial charge in [-0.1, -0.05) is 140 Å². The molecule has 0 aromatic heterocycles. The number of benzene rings is 8. The fraction of sp³-hybridized carbons (Fsp3) is 0.407. The number of thioether (sulfide) groups is 2. The summed E-state index contributed by atoms with van der Waals surface area (Å²) >= 11 is 3.88. The van der Waals surface area contributed by atoms with E-state index in [0.29, 0.717) is 13.2 Å². The summed E-state index contributed by atoms with van der Waals surface area (Å²) in [6.07, 6.45) is 13.9. The molecule has 0 saturated heterocycles. The molecule has 0 amide bonds. The average molecular weight is 807 g/mol. The van der Waals surface area contributed by atoms with Gasteiger partial charge in [0.25, 0.3) is 0 Å². The maximum absolute atomic E-state index is 7.03. The van der Waals surface area contributed by atoms with Crippen LogP contribution >= 0.6 is 23.5 Å². The molecule has 0 aliphatic heterocycles. The Kier molecular flexibility index (Phi) is 12.0. The number of ether oxygens (including phenoxy) is 2. The monoisotopic (exact) mass is 806 g/mol. The molecule has 0 spiro atoms. The van der Waals surface area contributed by atoms with Crippen LogP contribution in [-0.2, 0) is 10.8 Å². The van der Waals surface area contributed by atoms with Crippen molar-refractivity contribution in [3.63, 3.8) is 0 Å². The van der Waals surface area contributed by atoms with Crippen LogP contribution in [0.25, 0.3) is 75.8 Å². The Balaban J connectivity index is 1.36. The molecule has 0 unspecified atom stereocenters. The SMILES string of the molecule is CSCCCCCCOc1cc2ccc3cc(C(C)(C)C)cc4ccc(c1-c1c(OCCCCCCSC)cc5ccc6cc(C(C)(C)C)cc7ccc1c5c67)c2c34. The van der Waals surface area contributed by atoms with Crippen LogP contribution < -0.4 is 9.47 Å². The summed E-state index contributed by atoms with van der Waals surface area (Å²) in [6.45, 7) is 15.3. The minimum Gasteiger partial charge on any atom is -0.493 e. The molecule has 8 rings (SSSR count). The molecule has 4 heteroatoms. The van der Waals surface area contributed by atoms with Crippen molar-refractivity contribution in [3.05, 3.63) is 96.1 Å². The maximum Gasteiger partial charge on any atom is 0.128 e. The highest BCUT2D eigenvalue weighted by Crippen LogP contribution is 2.52. The lowest BCUT2D eigenvalue weighted by molar-refractivity contribution is 0.303. The predicted octanol–water partition coefficient (Wildman–Crippen LogP) is 16.3. The van der Waals surface area contributed by atoms with Gasteiger partial charge in [-0.3, -0.25) is 0 Å². The highest BCUT2D eigenvalue weighted by Gasteiger charge is 2.26. The first-order valence-corrected chi connectivity index (χ1v) is 24.5. The summed E-state index contributed by atoms with van der Waals surface area (Å²) in [5, 5.41) is 15.4. The second kappa shape index (κ2) is 17.0. The standard InChI is InChI=1S/C54H62O2S2/c1-53(2,3)41-29-35-17-19-39-33-45(55-25-13-9-11-15-27-57-7)51(43-23-21-37(31-41)47(35)49(39)43)52-44-24-22-38-32-42(54(4,5)6)30-36-18-20-40(50(44)48(36)38)34-46(52)56-26-14-10-12-16-28-58-8/h17-24,29-34H,9-16,25-28H2,1-8H3. The van der Waals surface area contributed by atoms with Gasteiger partial charge in [-0.2, -0.15) is 23.5 Å². The minimum atomic E-state index is 0.0581. The predicted molar refractivity (Wildman–Crippen MR) is 261 cm³/mol. The van der Waals surface area contributed by atoms with E-state index in [0.717, 1.165) is 35.5 Å². The van der Waals surface area contributed by atoms with Crippen molar-refractivity contribution in [1.29, 1.82) is 0 Å². The van der Waals surface area contributed by atoms with Crippen molar-refractivity contribution in [2.45, 2.75) is 104 Å². The third-order valence-corrected chi connectivity index (χ3v) is 13.7. The van der Waals surface area contributed by atoms with E-state index in [1.54, 1.807) is 0 Å². The van der Waals surface area contributed by atoms with Crippen LogP contribution in [0.15, 0.2) is 84.9 Å². The van der Waals surface area contributed by atoms with Gasteiger partial charge in [0.1, 0.15) is 11.5 Å². The molecule has 2 nitrogen and oxygen atoms in total. The molecule has 0 fully saturated rings. The van der Waals surface area contributed by atoms with Gasteiger partial charge >= 0.3 is 0 Å². The van der Waals surface area contributed by atoms with Gasteiger partial charge in [0, 0.05) is 11.1 Å². The van der Waals surface area contributed by atoms with Crippen LogP contribution in [0, 0.1) is 0 Å². The van der Waals surface area contributed by atoms with Crippen molar-refractivity contribution >= 4 is 88.2 Å². The molecule has 0 heterocycles. The Morgan fingerprint density at radius 1 is 0.397 bits per heavy atom. The van der Waals surface area contributed by atoms with Crippen LogP contribution in [0.3, 0.4) is 0 Å². The van der Waals surface area contributed by atoms with E-state index >= 15 is 0 Å². The van der Waals surface area contributed by atoms with E-state index in [1.807, 2.05) is 23.5 Å². The second-order valence-electron chi connectivity index (χ2n) is 18.7. The number of unbranched alkanes of at least 4 members (excludes halogenated alkanes) is 6. The number of hydrogen-bond donors (Lipinski definition) is 0. The zero-order valence-corrected chi connectivity index (χ0v) is 37.8. The van der Waals surface area contributed by atoms with Crippen LogP contribution in [0.1, 0.15) is 104 Å². The van der Waals surface area contributed by atoms with Crippen molar-refractivity contribution < 1.29 is 9.47 Å². The maximum atomic E-state index is 7.03. The van der Waals surface area contributed by atoms with Gasteiger partial charge in [0.2, 0.25) is 0 Å². The summed E-state index contributed by atoms with van der Waals surface area (Å²) in [7, 11) is 0. The molecule has 0 radical (unpaired) electrons. The molecular weight excluding hydrogens is 745 g/mol. The Labute approximate surface area is 355 Å². The van der Waals surface area contributed by atoms with Crippen LogP contribution in [-0.4, -0.2) is 37.2 Å². The van der Waals surface area contributed by atoms with Crippen LogP contribution in [0.2, 0.25) is 0 Å². The summed E-state index contributed by atoms with van der Waals surface area (Å²) in [4.78, 5) is 0. The first-order chi connectivity index (χ1) is 28.0. The summed E-state index contributed by atoms with van der Waals surface area (Å²) < 4.78 is 14.1. The molecule has 58 heavy (non-hydrogen) atoms. The Hall–Kier alpha value is -3.86. The highest BCUT2D eigenvalue weighted by molar-refractivity contribution is 7.98. The smallest absolute Gasteiger partial charge is 0.128 e.